The van der Waals surface area contributed by atoms with E-state index in [2.05, 4.69) is 28.3 Å². The van der Waals surface area contributed by atoms with Crippen LogP contribution >= 0.6 is 0 Å². The number of hydrazine groups is 1. The summed E-state index contributed by atoms with van der Waals surface area (Å²) in [6.07, 6.45) is 11.3. The molecule has 2 aliphatic rings. The van der Waals surface area contributed by atoms with Gasteiger partial charge in [-0.15, -0.1) is 0 Å². The van der Waals surface area contributed by atoms with Gasteiger partial charge < -0.3 is 15.2 Å². The van der Waals surface area contributed by atoms with Gasteiger partial charge in [0.05, 0.1) is 12.2 Å². The van der Waals surface area contributed by atoms with Crippen LogP contribution in [0.5, 0.6) is 0 Å². The van der Waals surface area contributed by atoms with Crippen LogP contribution in [0.25, 0.3) is 0 Å². The largest absolute Gasteiger partial charge is 0.396 e. The number of hydrogen-bond acceptors (Lipinski definition) is 4. The zero-order valence-electron chi connectivity index (χ0n) is 15.8. The number of rotatable bonds is 10. The maximum atomic E-state index is 12.0. The van der Waals surface area contributed by atoms with Crippen molar-refractivity contribution in [3.05, 3.63) is 42.5 Å². The van der Waals surface area contributed by atoms with E-state index >= 15 is 0 Å². The van der Waals surface area contributed by atoms with Gasteiger partial charge in [0.1, 0.15) is 0 Å². The molecule has 1 aromatic rings. The van der Waals surface area contributed by atoms with E-state index in [1.54, 1.807) is 0 Å². The Balaban J connectivity index is 0.00000280. The molecule has 4 unspecified atom stereocenters. The summed E-state index contributed by atoms with van der Waals surface area (Å²) in [6.45, 7) is 0.985. The summed E-state index contributed by atoms with van der Waals surface area (Å²) < 4.78 is 6.11. The molecule has 2 aliphatic heterocycles. The van der Waals surface area contributed by atoms with Crippen LogP contribution in [0.2, 0.25) is 0 Å². The van der Waals surface area contributed by atoms with Crippen LogP contribution in [0, 0.1) is 11.8 Å². The van der Waals surface area contributed by atoms with Gasteiger partial charge >= 0.3 is 6.03 Å². The molecule has 2 heterocycles. The molecule has 156 valence electrons. The third kappa shape index (κ3) is 6.33. The number of carbonyl (C=O) groups is 1. The Hall–Kier alpha value is -1.89. The number of fused-ring (bicyclic) bond motifs is 2. The topological polar surface area (TPSA) is 82.6 Å². The van der Waals surface area contributed by atoms with Gasteiger partial charge in [-0.05, 0) is 56.6 Å². The molecule has 0 aliphatic carbocycles. The second-order valence-corrected chi connectivity index (χ2v) is 7.37. The smallest absolute Gasteiger partial charge is 0.333 e. The average Bonchev–Trinajstić information content (AvgIpc) is 3.27. The molecule has 2 bridgehead atoms. The lowest BCUT2D eigenvalue weighted by molar-refractivity contribution is 0.0870. The predicted octanol–water partition coefficient (Wildman–Crippen LogP) is 3.85. The Morgan fingerprint density at radius 3 is 2.61 bits per heavy atom. The molecule has 6 nitrogen and oxygen atoms in total. The van der Waals surface area contributed by atoms with E-state index in [-0.39, 0.29) is 20.1 Å². The van der Waals surface area contributed by atoms with Crippen molar-refractivity contribution in [2.75, 3.05) is 18.5 Å². The number of para-hydroxylation sites is 1. The van der Waals surface area contributed by atoms with Crippen molar-refractivity contribution in [2.45, 2.75) is 58.2 Å². The minimum Gasteiger partial charge on any atom is -0.396 e. The Morgan fingerprint density at radius 2 is 1.86 bits per heavy atom. The number of aliphatic hydroxyl groups excluding tert-OH is 1. The molecule has 1 aromatic carbocycles. The number of anilines is 1. The van der Waals surface area contributed by atoms with Crippen molar-refractivity contribution in [3.8, 4) is 0 Å². The minimum absolute atomic E-state index is 0. The molecule has 0 aromatic heterocycles. The molecule has 2 fully saturated rings. The Bertz CT molecular complexity index is 608. The second kappa shape index (κ2) is 11.8. The molecule has 28 heavy (non-hydrogen) atoms. The lowest BCUT2D eigenvalue weighted by atomic mass is 9.77. The number of unbranched alkanes of at least 4 members (excludes halogenated alkanes) is 2. The van der Waals surface area contributed by atoms with Gasteiger partial charge in [-0.1, -0.05) is 37.8 Å². The first kappa shape index (κ1) is 22.4. The highest BCUT2D eigenvalue weighted by atomic mass is 16.5. The maximum absolute atomic E-state index is 12.0. The van der Waals surface area contributed by atoms with Crippen molar-refractivity contribution >= 4 is 11.7 Å². The summed E-state index contributed by atoms with van der Waals surface area (Å²) >= 11 is 0. The lowest BCUT2D eigenvalue weighted by Gasteiger charge is -2.27. The molecular formula is C22H35N3O3. The van der Waals surface area contributed by atoms with Crippen molar-refractivity contribution < 1.29 is 14.6 Å². The molecule has 2 saturated heterocycles. The number of hydrogen-bond donors (Lipinski definition) is 4. The quantitative estimate of drug-likeness (QED) is 0.278. The van der Waals surface area contributed by atoms with E-state index in [9.17, 15) is 4.79 Å². The third-order valence-corrected chi connectivity index (χ3v) is 5.52. The van der Waals surface area contributed by atoms with E-state index in [0.717, 1.165) is 44.2 Å². The van der Waals surface area contributed by atoms with Gasteiger partial charge in [0.25, 0.3) is 0 Å². The SMILES string of the molecule is C.O=C(NNCC1C2CCC(O2)C1C/C=C\CCCCO)Nc1ccccc1. The number of urea groups is 1. The Labute approximate surface area is 168 Å². The molecule has 3 rings (SSSR count). The molecule has 2 amide bonds. The summed E-state index contributed by atoms with van der Waals surface area (Å²) in [7, 11) is 0. The van der Waals surface area contributed by atoms with E-state index in [1.165, 1.54) is 0 Å². The Kier molecular flexibility index (Phi) is 9.47. The van der Waals surface area contributed by atoms with Gasteiger partial charge in [-0.3, -0.25) is 5.43 Å². The van der Waals surface area contributed by atoms with Crippen LogP contribution in [-0.2, 0) is 4.74 Å². The molecule has 4 atom stereocenters. The van der Waals surface area contributed by atoms with Gasteiger partial charge in [-0.2, -0.15) is 0 Å². The van der Waals surface area contributed by atoms with Gasteiger partial charge in [0.15, 0.2) is 0 Å². The molecule has 0 radical (unpaired) electrons. The van der Waals surface area contributed by atoms with Crippen LogP contribution < -0.4 is 16.2 Å². The highest BCUT2D eigenvalue weighted by Gasteiger charge is 2.47. The van der Waals surface area contributed by atoms with Gasteiger partial charge in [-0.25, -0.2) is 10.2 Å². The highest BCUT2D eigenvalue weighted by Crippen LogP contribution is 2.44. The molecule has 0 spiro atoms. The number of aliphatic hydroxyl groups is 1. The highest BCUT2D eigenvalue weighted by molar-refractivity contribution is 5.88. The third-order valence-electron chi connectivity index (χ3n) is 5.52. The summed E-state index contributed by atoms with van der Waals surface area (Å²) in [6, 6.07) is 9.14. The standard InChI is InChI=1S/C21H31N3O3.CH4/c25-14-8-3-1-2-7-11-17-18(20-13-12-19(17)27-20)15-22-24-21(26)23-16-9-5-4-6-10-16;/h2,4-7,9-10,17-20,22,25H,1,3,8,11-15H2,(H2,23,24,26);1H4/b7-2-;. The summed E-state index contributed by atoms with van der Waals surface area (Å²) in [5, 5.41) is 11.6. The van der Waals surface area contributed by atoms with Crippen molar-refractivity contribution in [1.29, 1.82) is 0 Å². The van der Waals surface area contributed by atoms with E-state index in [1.807, 2.05) is 30.3 Å². The number of nitrogens with one attached hydrogen (secondary N) is 3. The van der Waals surface area contributed by atoms with E-state index in [4.69, 9.17) is 9.84 Å². The average molecular weight is 390 g/mol. The van der Waals surface area contributed by atoms with Crippen molar-refractivity contribution in [3.63, 3.8) is 0 Å². The fourth-order valence-electron chi connectivity index (χ4n) is 4.16. The van der Waals surface area contributed by atoms with Crippen LogP contribution in [0.1, 0.15) is 46.0 Å². The fourth-order valence-corrected chi connectivity index (χ4v) is 4.16. The number of benzene rings is 1. The molecular weight excluding hydrogens is 354 g/mol. The molecule has 0 saturated carbocycles. The first-order chi connectivity index (χ1) is 13.3. The Morgan fingerprint density at radius 1 is 1.11 bits per heavy atom. The monoisotopic (exact) mass is 389 g/mol. The van der Waals surface area contributed by atoms with Crippen LogP contribution in [0.15, 0.2) is 42.5 Å². The minimum atomic E-state index is -0.259. The molecule has 6 heteroatoms. The fraction of sp³-hybridized carbons (Fsp3) is 0.591. The number of carbonyl (C=O) groups excluding carboxylic acids is 1. The number of amides is 2. The van der Waals surface area contributed by atoms with Crippen LogP contribution in [0.3, 0.4) is 0 Å². The van der Waals surface area contributed by atoms with Crippen molar-refractivity contribution in [1.82, 2.24) is 10.9 Å². The maximum Gasteiger partial charge on any atom is 0.333 e. The number of ether oxygens (including phenoxy) is 1. The summed E-state index contributed by atoms with van der Waals surface area (Å²) in [5.41, 5.74) is 6.59. The first-order valence-corrected chi connectivity index (χ1v) is 10.0. The first-order valence-electron chi connectivity index (χ1n) is 10.0. The predicted molar refractivity (Wildman–Crippen MR) is 113 cm³/mol. The van der Waals surface area contributed by atoms with Gasteiger partial charge in [0, 0.05) is 24.8 Å². The lowest BCUT2D eigenvalue weighted by Crippen LogP contribution is -2.45. The molecule has 4 N–H and O–H groups in total. The van der Waals surface area contributed by atoms with Crippen LogP contribution in [-0.4, -0.2) is 36.5 Å². The summed E-state index contributed by atoms with van der Waals surface area (Å²) in [4.78, 5) is 12.0. The normalized spacial score (nSPS) is 25.6. The van der Waals surface area contributed by atoms with E-state index < -0.39 is 0 Å². The second-order valence-electron chi connectivity index (χ2n) is 7.37. The van der Waals surface area contributed by atoms with Gasteiger partial charge in [0.2, 0.25) is 0 Å². The summed E-state index contributed by atoms with van der Waals surface area (Å²) in [5.74, 6) is 0.923. The zero-order valence-corrected chi connectivity index (χ0v) is 15.8. The van der Waals surface area contributed by atoms with E-state index in [0.29, 0.717) is 30.6 Å². The number of allylic oxidation sites excluding steroid dienone is 2. The van der Waals surface area contributed by atoms with Crippen LogP contribution in [0.4, 0.5) is 10.5 Å². The zero-order chi connectivity index (χ0) is 18.9. The van der Waals surface area contributed by atoms with Crippen molar-refractivity contribution in [2.24, 2.45) is 11.8 Å².